The number of carbonyl (C=O) groups excluding carboxylic acids is 1. The Morgan fingerprint density at radius 1 is 1.42 bits per heavy atom. The van der Waals surface area contributed by atoms with Gasteiger partial charge in [0.15, 0.2) is 5.65 Å². The molecule has 0 aliphatic rings. The van der Waals surface area contributed by atoms with Gasteiger partial charge in [0.25, 0.3) is 0 Å². The summed E-state index contributed by atoms with van der Waals surface area (Å²) in [5, 5.41) is 12.2. The largest absolute Gasteiger partial charge is 0.462 e. The van der Waals surface area contributed by atoms with Crippen LogP contribution >= 0.6 is 0 Å². The van der Waals surface area contributed by atoms with E-state index in [-0.39, 0.29) is 0 Å². The van der Waals surface area contributed by atoms with E-state index in [0.717, 1.165) is 10.9 Å². The summed E-state index contributed by atoms with van der Waals surface area (Å²) in [4.78, 5) is 11.9. The Hall–Kier alpha value is -2.70. The van der Waals surface area contributed by atoms with Crippen LogP contribution in [0.4, 0.5) is 5.69 Å². The summed E-state index contributed by atoms with van der Waals surface area (Å²) < 4.78 is 6.49. The molecule has 0 fully saturated rings. The van der Waals surface area contributed by atoms with Crippen molar-refractivity contribution in [2.75, 3.05) is 12.3 Å². The van der Waals surface area contributed by atoms with Crippen molar-refractivity contribution in [1.29, 1.82) is 0 Å². The normalized spacial score (nSPS) is 11.0. The van der Waals surface area contributed by atoms with Gasteiger partial charge in [-0.1, -0.05) is 6.07 Å². The SMILES string of the molecule is CCOC(=O)c1cc2ccc(N)cc2n2nnnc12. The molecule has 0 radical (unpaired) electrons. The van der Waals surface area contributed by atoms with E-state index >= 15 is 0 Å². The van der Waals surface area contributed by atoms with Crippen molar-refractivity contribution >= 4 is 28.2 Å². The Labute approximate surface area is 108 Å². The molecule has 0 unspecified atom stereocenters. The highest BCUT2D eigenvalue weighted by molar-refractivity contribution is 6.00. The van der Waals surface area contributed by atoms with Crippen LogP contribution in [0.25, 0.3) is 16.6 Å². The van der Waals surface area contributed by atoms with Gasteiger partial charge in [0, 0.05) is 11.1 Å². The molecule has 0 spiro atoms. The molecule has 2 heterocycles. The Morgan fingerprint density at radius 3 is 3.05 bits per heavy atom. The van der Waals surface area contributed by atoms with Crippen LogP contribution in [0.2, 0.25) is 0 Å². The second-order valence-corrected chi connectivity index (χ2v) is 4.01. The van der Waals surface area contributed by atoms with Gasteiger partial charge in [0.1, 0.15) is 5.56 Å². The quantitative estimate of drug-likeness (QED) is 0.544. The molecule has 0 amide bonds. The van der Waals surface area contributed by atoms with Gasteiger partial charge in [-0.05, 0) is 35.5 Å². The molecule has 3 rings (SSSR count). The van der Waals surface area contributed by atoms with Gasteiger partial charge in [0.05, 0.1) is 12.1 Å². The molecule has 7 heteroatoms. The minimum Gasteiger partial charge on any atom is -0.462 e. The van der Waals surface area contributed by atoms with Gasteiger partial charge in [-0.25, -0.2) is 4.79 Å². The van der Waals surface area contributed by atoms with Crippen molar-refractivity contribution in [3.8, 4) is 0 Å². The van der Waals surface area contributed by atoms with E-state index in [0.29, 0.717) is 23.5 Å². The number of nitrogens with two attached hydrogens (primary N) is 1. The topological polar surface area (TPSA) is 95.4 Å². The number of nitrogens with zero attached hydrogens (tertiary/aromatic N) is 4. The Morgan fingerprint density at radius 2 is 2.26 bits per heavy atom. The summed E-state index contributed by atoms with van der Waals surface area (Å²) in [6.07, 6.45) is 0. The third kappa shape index (κ3) is 1.75. The van der Waals surface area contributed by atoms with Crippen LogP contribution in [-0.2, 0) is 4.74 Å². The lowest BCUT2D eigenvalue weighted by atomic mass is 10.1. The van der Waals surface area contributed by atoms with Gasteiger partial charge in [-0.3, -0.25) is 0 Å². The maximum absolute atomic E-state index is 11.9. The van der Waals surface area contributed by atoms with E-state index in [2.05, 4.69) is 15.5 Å². The smallest absolute Gasteiger partial charge is 0.342 e. The number of ether oxygens (including phenoxy) is 1. The number of hydrogen-bond acceptors (Lipinski definition) is 6. The first-order chi connectivity index (χ1) is 9.20. The number of anilines is 1. The first-order valence-electron chi connectivity index (χ1n) is 5.78. The zero-order chi connectivity index (χ0) is 13.4. The molecule has 0 aliphatic heterocycles. The second kappa shape index (κ2) is 4.20. The molecule has 96 valence electrons. The number of rotatable bonds is 2. The average molecular weight is 257 g/mol. The lowest BCUT2D eigenvalue weighted by Crippen LogP contribution is -2.08. The lowest BCUT2D eigenvalue weighted by Gasteiger charge is -2.06. The van der Waals surface area contributed by atoms with Gasteiger partial charge < -0.3 is 10.5 Å². The molecule has 0 bridgehead atoms. The van der Waals surface area contributed by atoms with Gasteiger partial charge >= 0.3 is 5.97 Å². The van der Waals surface area contributed by atoms with Gasteiger partial charge in [0.2, 0.25) is 0 Å². The first-order valence-corrected chi connectivity index (χ1v) is 5.78. The van der Waals surface area contributed by atoms with E-state index < -0.39 is 5.97 Å². The predicted molar refractivity (Wildman–Crippen MR) is 68.7 cm³/mol. The van der Waals surface area contributed by atoms with E-state index in [1.165, 1.54) is 4.52 Å². The number of pyridine rings is 1. The van der Waals surface area contributed by atoms with Crippen LogP contribution in [0, 0.1) is 0 Å². The number of aromatic nitrogens is 4. The first kappa shape index (κ1) is 11.4. The molecule has 7 nitrogen and oxygen atoms in total. The van der Waals surface area contributed by atoms with Crippen LogP contribution < -0.4 is 5.73 Å². The fourth-order valence-corrected chi connectivity index (χ4v) is 1.96. The van der Waals surface area contributed by atoms with Crippen LogP contribution in [0.15, 0.2) is 24.3 Å². The molecule has 1 aromatic carbocycles. The summed E-state index contributed by atoms with van der Waals surface area (Å²) in [7, 11) is 0. The summed E-state index contributed by atoms with van der Waals surface area (Å²) in [5.41, 5.74) is 7.80. The van der Waals surface area contributed by atoms with Crippen LogP contribution in [0.5, 0.6) is 0 Å². The lowest BCUT2D eigenvalue weighted by molar-refractivity contribution is 0.0528. The van der Waals surface area contributed by atoms with E-state index in [4.69, 9.17) is 10.5 Å². The highest BCUT2D eigenvalue weighted by Crippen LogP contribution is 2.21. The molecular formula is C12H11N5O2. The molecular weight excluding hydrogens is 246 g/mol. The molecule has 2 N–H and O–H groups in total. The predicted octanol–water partition coefficient (Wildman–Crippen LogP) is 1.04. The maximum Gasteiger partial charge on any atom is 0.342 e. The number of hydrogen-bond donors (Lipinski definition) is 1. The molecule has 0 atom stereocenters. The summed E-state index contributed by atoms with van der Waals surface area (Å²) in [6, 6.07) is 7.04. The Balaban J connectivity index is 2.35. The molecule has 2 aromatic heterocycles. The minimum atomic E-state index is -0.443. The Bertz CT molecular complexity index is 780. The second-order valence-electron chi connectivity index (χ2n) is 4.01. The van der Waals surface area contributed by atoms with Gasteiger partial charge in [-0.2, -0.15) is 4.52 Å². The number of esters is 1. The summed E-state index contributed by atoms with van der Waals surface area (Å²) in [5.74, 6) is -0.443. The van der Waals surface area contributed by atoms with E-state index in [1.54, 1.807) is 25.1 Å². The molecule has 0 saturated carbocycles. The van der Waals surface area contributed by atoms with E-state index in [1.807, 2.05) is 6.07 Å². The van der Waals surface area contributed by atoms with Gasteiger partial charge in [-0.15, -0.1) is 5.10 Å². The molecule has 0 aliphatic carbocycles. The molecule has 19 heavy (non-hydrogen) atoms. The van der Waals surface area contributed by atoms with Crippen molar-refractivity contribution in [1.82, 2.24) is 20.0 Å². The van der Waals surface area contributed by atoms with Crippen molar-refractivity contribution in [2.45, 2.75) is 6.92 Å². The zero-order valence-corrected chi connectivity index (χ0v) is 10.2. The summed E-state index contributed by atoms with van der Waals surface area (Å²) in [6.45, 7) is 2.05. The highest BCUT2D eigenvalue weighted by atomic mass is 16.5. The van der Waals surface area contributed by atoms with Crippen molar-refractivity contribution in [3.63, 3.8) is 0 Å². The summed E-state index contributed by atoms with van der Waals surface area (Å²) >= 11 is 0. The highest BCUT2D eigenvalue weighted by Gasteiger charge is 2.17. The third-order valence-electron chi connectivity index (χ3n) is 2.79. The van der Waals surface area contributed by atoms with Crippen molar-refractivity contribution in [2.24, 2.45) is 0 Å². The Kier molecular flexibility index (Phi) is 2.52. The number of nitrogen functional groups attached to an aromatic ring is 1. The van der Waals surface area contributed by atoms with Crippen molar-refractivity contribution < 1.29 is 9.53 Å². The average Bonchev–Trinajstić information content (AvgIpc) is 2.87. The molecule has 3 aromatic rings. The standard InChI is InChI=1S/C12H11N5O2/c1-2-19-12(18)9-5-7-3-4-8(13)6-10(7)17-11(9)14-15-16-17/h3-6H,2,13H2,1H3. The van der Waals surface area contributed by atoms with Crippen molar-refractivity contribution in [3.05, 3.63) is 29.8 Å². The monoisotopic (exact) mass is 257 g/mol. The van der Waals surface area contributed by atoms with E-state index in [9.17, 15) is 4.79 Å². The number of tetrazole rings is 1. The van der Waals surface area contributed by atoms with Crippen LogP contribution in [0.3, 0.4) is 0 Å². The number of carbonyl (C=O) groups is 1. The van der Waals surface area contributed by atoms with Crippen LogP contribution in [0.1, 0.15) is 17.3 Å². The number of benzene rings is 1. The maximum atomic E-state index is 11.9. The minimum absolute atomic E-state index is 0.298. The fourth-order valence-electron chi connectivity index (χ4n) is 1.96. The number of fused-ring (bicyclic) bond motifs is 3. The van der Waals surface area contributed by atoms with Crippen LogP contribution in [-0.4, -0.2) is 32.6 Å². The third-order valence-corrected chi connectivity index (χ3v) is 2.79. The zero-order valence-electron chi connectivity index (χ0n) is 10.2. The fraction of sp³-hybridized carbons (Fsp3) is 0.167. The molecule has 0 saturated heterocycles.